The predicted molar refractivity (Wildman–Crippen MR) is 154 cm³/mol. The minimum Gasteiger partial charge on any atom is -0.494 e. The van der Waals surface area contributed by atoms with Crippen molar-refractivity contribution in [2.75, 3.05) is 13.2 Å². The van der Waals surface area contributed by atoms with Gasteiger partial charge in [0.15, 0.2) is 0 Å². The third-order valence-electron chi connectivity index (χ3n) is 6.71. The first-order valence-corrected chi connectivity index (χ1v) is 14.0. The summed E-state index contributed by atoms with van der Waals surface area (Å²) >= 11 is 3.42. The average molecular weight is 563 g/mol. The van der Waals surface area contributed by atoms with Gasteiger partial charge in [-0.15, -0.1) is 0 Å². The molecular weight excluding hydrogens is 526 g/mol. The molecule has 37 heavy (non-hydrogen) atoms. The molecule has 0 aliphatic rings. The number of amides is 1. The van der Waals surface area contributed by atoms with Crippen LogP contribution < -0.4 is 10.1 Å². The Morgan fingerprint density at radius 2 is 1.78 bits per heavy atom. The highest BCUT2D eigenvalue weighted by Gasteiger charge is 2.10. The second-order valence-electron chi connectivity index (χ2n) is 9.55. The molecule has 0 bridgehead atoms. The maximum Gasteiger partial charge on any atom is 0.251 e. The molecule has 0 fully saturated rings. The van der Waals surface area contributed by atoms with Crippen LogP contribution in [0.15, 0.2) is 71.2 Å². The zero-order valence-corrected chi connectivity index (χ0v) is 23.4. The SMILES string of the molecule is Cc1ccc(OCCCCn2c(CCCCCNC(=O)c3cccc(Br)c3)nc3ccccc32)cc1C. The van der Waals surface area contributed by atoms with E-state index in [1.54, 1.807) is 0 Å². The summed E-state index contributed by atoms with van der Waals surface area (Å²) in [6, 6.07) is 22.1. The van der Waals surface area contributed by atoms with Crippen LogP contribution in [-0.2, 0) is 13.0 Å². The molecule has 3 aromatic carbocycles. The summed E-state index contributed by atoms with van der Waals surface area (Å²) in [6.45, 7) is 6.58. The molecule has 0 spiro atoms. The number of hydrogen-bond donors (Lipinski definition) is 1. The Morgan fingerprint density at radius 1 is 0.919 bits per heavy atom. The minimum atomic E-state index is -0.0235. The Kier molecular flexibility index (Phi) is 9.78. The molecule has 1 amide bonds. The van der Waals surface area contributed by atoms with Crippen molar-refractivity contribution in [2.45, 2.75) is 58.9 Å². The third kappa shape index (κ3) is 7.68. The van der Waals surface area contributed by atoms with Crippen molar-refractivity contribution in [1.29, 1.82) is 0 Å². The standard InChI is InChI=1S/C31H36BrN3O2/c1-23-16-17-27(21-24(23)2)37-20-9-8-19-35-29-14-6-5-13-28(29)34-30(35)15-4-3-7-18-33-31(36)25-11-10-12-26(32)22-25/h5-6,10-14,16-17,21-22H,3-4,7-9,15,18-20H2,1-2H3,(H,33,36). The Bertz CT molecular complexity index is 1330. The van der Waals surface area contributed by atoms with Gasteiger partial charge in [-0.3, -0.25) is 4.79 Å². The number of benzene rings is 3. The van der Waals surface area contributed by atoms with Gasteiger partial charge in [-0.25, -0.2) is 4.98 Å². The number of rotatable bonds is 13. The highest BCUT2D eigenvalue weighted by atomic mass is 79.9. The van der Waals surface area contributed by atoms with Gasteiger partial charge in [0.1, 0.15) is 11.6 Å². The molecule has 0 saturated heterocycles. The van der Waals surface area contributed by atoms with Gasteiger partial charge in [-0.1, -0.05) is 46.6 Å². The molecule has 1 heterocycles. The van der Waals surface area contributed by atoms with E-state index in [0.717, 1.165) is 73.2 Å². The Morgan fingerprint density at radius 3 is 2.62 bits per heavy atom. The van der Waals surface area contributed by atoms with E-state index in [0.29, 0.717) is 12.1 Å². The van der Waals surface area contributed by atoms with Crippen molar-refractivity contribution in [3.05, 3.63) is 93.7 Å². The Balaban J connectivity index is 1.22. The fraction of sp³-hybridized carbons (Fsp3) is 0.355. The van der Waals surface area contributed by atoms with Crippen molar-refractivity contribution in [2.24, 2.45) is 0 Å². The second-order valence-corrected chi connectivity index (χ2v) is 10.5. The first kappa shape index (κ1) is 26.9. The average Bonchev–Trinajstić information content (AvgIpc) is 3.25. The fourth-order valence-corrected chi connectivity index (χ4v) is 4.85. The number of imidazole rings is 1. The molecule has 0 atom stereocenters. The van der Waals surface area contributed by atoms with Crippen LogP contribution in [0.1, 0.15) is 59.4 Å². The summed E-state index contributed by atoms with van der Waals surface area (Å²) in [5.41, 5.74) is 5.50. The van der Waals surface area contributed by atoms with Gasteiger partial charge in [-0.2, -0.15) is 0 Å². The van der Waals surface area contributed by atoms with Crippen molar-refractivity contribution < 1.29 is 9.53 Å². The molecule has 0 radical (unpaired) electrons. The van der Waals surface area contributed by atoms with E-state index < -0.39 is 0 Å². The summed E-state index contributed by atoms with van der Waals surface area (Å²) in [7, 11) is 0. The number of carbonyl (C=O) groups is 1. The van der Waals surface area contributed by atoms with Gasteiger partial charge in [-0.05, 0) is 93.1 Å². The van der Waals surface area contributed by atoms with Gasteiger partial charge >= 0.3 is 0 Å². The van der Waals surface area contributed by atoms with Crippen LogP contribution in [0.5, 0.6) is 5.75 Å². The van der Waals surface area contributed by atoms with Crippen LogP contribution >= 0.6 is 15.9 Å². The Hall–Kier alpha value is -3.12. The summed E-state index contributed by atoms with van der Waals surface area (Å²) in [4.78, 5) is 17.2. The third-order valence-corrected chi connectivity index (χ3v) is 7.20. The second kappa shape index (κ2) is 13.4. The Labute approximate surface area is 228 Å². The maximum atomic E-state index is 12.3. The van der Waals surface area contributed by atoms with E-state index in [1.807, 2.05) is 24.3 Å². The van der Waals surface area contributed by atoms with Gasteiger partial charge in [0.05, 0.1) is 17.6 Å². The van der Waals surface area contributed by atoms with E-state index in [1.165, 1.54) is 16.6 Å². The van der Waals surface area contributed by atoms with Crippen LogP contribution in [0.3, 0.4) is 0 Å². The van der Waals surface area contributed by atoms with Gasteiger partial charge < -0.3 is 14.6 Å². The lowest BCUT2D eigenvalue weighted by molar-refractivity contribution is 0.0953. The summed E-state index contributed by atoms with van der Waals surface area (Å²) in [5.74, 6) is 2.07. The van der Waals surface area contributed by atoms with Crippen molar-refractivity contribution in [3.8, 4) is 5.75 Å². The van der Waals surface area contributed by atoms with Crippen molar-refractivity contribution in [1.82, 2.24) is 14.9 Å². The number of nitrogens with zero attached hydrogens (tertiary/aromatic N) is 2. The number of fused-ring (bicyclic) bond motifs is 1. The predicted octanol–water partition coefficient (Wildman–Crippen LogP) is 7.42. The van der Waals surface area contributed by atoms with Crippen molar-refractivity contribution >= 4 is 32.9 Å². The van der Waals surface area contributed by atoms with Crippen LogP contribution in [0, 0.1) is 13.8 Å². The number of para-hydroxylation sites is 2. The largest absolute Gasteiger partial charge is 0.494 e. The first-order chi connectivity index (χ1) is 18.0. The quantitative estimate of drug-likeness (QED) is 0.173. The fourth-order valence-electron chi connectivity index (χ4n) is 4.45. The summed E-state index contributed by atoms with van der Waals surface area (Å²) < 4.78 is 9.26. The zero-order chi connectivity index (χ0) is 26.0. The molecule has 1 aromatic heterocycles. The molecule has 0 aliphatic heterocycles. The lowest BCUT2D eigenvalue weighted by atomic mass is 10.1. The van der Waals surface area contributed by atoms with E-state index in [4.69, 9.17) is 9.72 Å². The van der Waals surface area contributed by atoms with Crippen LogP contribution in [0.25, 0.3) is 11.0 Å². The van der Waals surface area contributed by atoms with E-state index >= 15 is 0 Å². The van der Waals surface area contributed by atoms with Gasteiger partial charge in [0.2, 0.25) is 0 Å². The van der Waals surface area contributed by atoms with Crippen LogP contribution in [-0.4, -0.2) is 28.6 Å². The summed E-state index contributed by atoms with van der Waals surface area (Å²) in [5, 5.41) is 3.02. The highest BCUT2D eigenvalue weighted by Crippen LogP contribution is 2.20. The zero-order valence-electron chi connectivity index (χ0n) is 21.8. The topological polar surface area (TPSA) is 56.1 Å². The number of aryl methyl sites for hydroxylation is 4. The number of aromatic nitrogens is 2. The monoisotopic (exact) mass is 561 g/mol. The molecule has 194 valence electrons. The lowest BCUT2D eigenvalue weighted by Gasteiger charge is -2.11. The van der Waals surface area contributed by atoms with E-state index in [-0.39, 0.29) is 5.91 Å². The summed E-state index contributed by atoms with van der Waals surface area (Å²) in [6.07, 6.45) is 6.03. The van der Waals surface area contributed by atoms with Gasteiger partial charge in [0, 0.05) is 29.5 Å². The number of unbranched alkanes of at least 4 members (excludes halogenated alkanes) is 3. The number of ether oxygens (including phenoxy) is 1. The smallest absolute Gasteiger partial charge is 0.251 e. The first-order valence-electron chi connectivity index (χ1n) is 13.2. The number of halogens is 1. The molecule has 0 saturated carbocycles. The molecule has 6 heteroatoms. The normalized spacial score (nSPS) is 11.1. The lowest BCUT2D eigenvalue weighted by Crippen LogP contribution is -2.24. The van der Waals surface area contributed by atoms with E-state index in [2.05, 4.69) is 82.1 Å². The number of carbonyl (C=O) groups excluding carboxylic acids is 1. The molecule has 1 N–H and O–H groups in total. The molecule has 0 unspecified atom stereocenters. The van der Waals surface area contributed by atoms with Gasteiger partial charge in [0.25, 0.3) is 5.91 Å². The van der Waals surface area contributed by atoms with E-state index in [9.17, 15) is 4.79 Å². The van der Waals surface area contributed by atoms with Crippen LogP contribution in [0.2, 0.25) is 0 Å². The molecule has 0 aliphatic carbocycles. The maximum absolute atomic E-state index is 12.3. The molecule has 5 nitrogen and oxygen atoms in total. The number of hydrogen-bond acceptors (Lipinski definition) is 3. The van der Waals surface area contributed by atoms with Crippen LogP contribution in [0.4, 0.5) is 0 Å². The number of nitrogens with one attached hydrogen (secondary N) is 1. The van der Waals surface area contributed by atoms with Crippen molar-refractivity contribution in [3.63, 3.8) is 0 Å². The minimum absolute atomic E-state index is 0.0235. The highest BCUT2D eigenvalue weighted by molar-refractivity contribution is 9.10. The molecule has 4 rings (SSSR count). The molecule has 4 aromatic rings. The molecular formula is C31H36BrN3O2.